The maximum atomic E-state index is 13.7. The van der Waals surface area contributed by atoms with Crippen LogP contribution in [0.5, 0.6) is 11.5 Å². The van der Waals surface area contributed by atoms with Crippen molar-refractivity contribution in [1.29, 1.82) is 0 Å². The molecule has 28 heavy (non-hydrogen) atoms. The molecule has 0 fully saturated rings. The number of thioether (sulfide) groups is 1. The lowest BCUT2D eigenvalue weighted by molar-refractivity contribution is -0.119. The summed E-state index contributed by atoms with van der Waals surface area (Å²) in [6, 6.07) is 8.64. The zero-order valence-corrected chi connectivity index (χ0v) is 16.7. The number of nitrogens with one attached hydrogen (secondary N) is 1. The van der Waals surface area contributed by atoms with Crippen molar-refractivity contribution in [2.24, 2.45) is 5.92 Å². The molecule has 1 heterocycles. The Morgan fingerprint density at radius 2 is 1.86 bits per heavy atom. The van der Waals surface area contributed by atoms with Crippen LogP contribution in [-0.2, 0) is 4.79 Å². The molecule has 1 atom stereocenters. The molecule has 0 spiro atoms. The summed E-state index contributed by atoms with van der Waals surface area (Å²) >= 11 is 0.972. The summed E-state index contributed by atoms with van der Waals surface area (Å²) in [7, 11) is 0. The van der Waals surface area contributed by atoms with Crippen LogP contribution in [0.25, 0.3) is 0 Å². The molecule has 3 rings (SSSR count). The highest BCUT2D eigenvalue weighted by Gasteiger charge is 2.21. The summed E-state index contributed by atoms with van der Waals surface area (Å²) in [6.45, 7) is 5.22. The summed E-state index contributed by atoms with van der Waals surface area (Å²) in [5.74, 6) is 0.176. The van der Waals surface area contributed by atoms with Gasteiger partial charge in [-0.05, 0) is 41.8 Å². The molecule has 1 aliphatic rings. The topological polar surface area (TPSA) is 47.6 Å². The monoisotopic (exact) mass is 407 g/mol. The molecule has 4 nitrogen and oxygen atoms in total. The fourth-order valence-corrected chi connectivity index (χ4v) is 3.73. The first-order valence-electron chi connectivity index (χ1n) is 9.21. The zero-order chi connectivity index (χ0) is 20.1. The first-order chi connectivity index (χ1) is 13.4. The minimum atomic E-state index is -0.539. The number of hydrogen-bond donors (Lipinski definition) is 1. The Kier molecular flexibility index (Phi) is 6.78. The third-order valence-electron chi connectivity index (χ3n) is 4.37. The maximum absolute atomic E-state index is 13.7. The standard InChI is InChI=1S/C21H23F2NO3S/c1-13(2)21(14-4-7-17-18(10-14)27-9-3-8-26-17)24-20(25)12-28-19-11-15(22)5-6-16(19)23/h4-7,10-11,13,21H,3,8-9,12H2,1-2H3,(H,24,25)/t21-/m0/s1. The molecule has 2 aromatic carbocycles. The number of amides is 1. The van der Waals surface area contributed by atoms with E-state index in [2.05, 4.69) is 5.32 Å². The Hall–Kier alpha value is -2.28. The SMILES string of the molecule is CC(C)[C@H](NC(=O)CSc1cc(F)ccc1F)c1ccc2c(c1)OCCCO2. The Labute approximate surface area is 167 Å². The van der Waals surface area contributed by atoms with Crippen LogP contribution in [0, 0.1) is 17.6 Å². The van der Waals surface area contributed by atoms with E-state index in [9.17, 15) is 13.6 Å². The van der Waals surface area contributed by atoms with Crippen LogP contribution < -0.4 is 14.8 Å². The van der Waals surface area contributed by atoms with Crippen molar-refractivity contribution >= 4 is 17.7 Å². The first kappa shape index (κ1) is 20.5. The molecule has 0 bridgehead atoms. The van der Waals surface area contributed by atoms with Gasteiger partial charge >= 0.3 is 0 Å². The largest absolute Gasteiger partial charge is 0.490 e. The quantitative estimate of drug-likeness (QED) is 0.703. The maximum Gasteiger partial charge on any atom is 0.230 e. The Morgan fingerprint density at radius 3 is 2.61 bits per heavy atom. The van der Waals surface area contributed by atoms with Crippen LogP contribution in [0.15, 0.2) is 41.3 Å². The molecule has 7 heteroatoms. The van der Waals surface area contributed by atoms with Crippen LogP contribution in [0.3, 0.4) is 0 Å². The highest BCUT2D eigenvalue weighted by molar-refractivity contribution is 8.00. The lowest BCUT2D eigenvalue weighted by Crippen LogP contribution is -2.33. The second-order valence-electron chi connectivity index (χ2n) is 6.91. The Balaban J connectivity index is 1.68. The van der Waals surface area contributed by atoms with Crippen LogP contribution in [0.1, 0.15) is 31.9 Å². The smallest absolute Gasteiger partial charge is 0.230 e. The van der Waals surface area contributed by atoms with Crippen molar-refractivity contribution in [2.45, 2.75) is 31.2 Å². The van der Waals surface area contributed by atoms with Crippen LogP contribution in [0.2, 0.25) is 0 Å². The Bertz CT molecular complexity index is 844. The van der Waals surface area contributed by atoms with Gasteiger partial charge in [-0.25, -0.2) is 8.78 Å². The van der Waals surface area contributed by atoms with Crippen LogP contribution in [0.4, 0.5) is 8.78 Å². The van der Waals surface area contributed by atoms with Crippen molar-refractivity contribution in [3.8, 4) is 11.5 Å². The minimum Gasteiger partial charge on any atom is -0.490 e. The van der Waals surface area contributed by atoms with E-state index in [0.717, 1.165) is 41.9 Å². The number of rotatable bonds is 6. The number of carbonyl (C=O) groups is 1. The minimum absolute atomic E-state index is 0.00581. The lowest BCUT2D eigenvalue weighted by Gasteiger charge is -2.24. The van der Waals surface area contributed by atoms with E-state index in [4.69, 9.17) is 9.47 Å². The Morgan fingerprint density at radius 1 is 1.11 bits per heavy atom. The van der Waals surface area contributed by atoms with Gasteiger partial charge in [0, 0.05) is 11.3 Å². The van der Waals surface area contributed by atoms with Gasteiger partial charge in [0.25, 0.3) is 0 Å². The normalized spacial score (nSPS) is 14.5. The highest BCUT2D eigenvalue weighted by atomic mass is 32.2. The van der Waals surface area contributed by atoms with E-state index in [0.29, 0.717) is 24.7 Å². The third-order valence-corrected chi connectivity index (χ3v) is 5.40. The fraction of sp³-hybridized carbons (Fsp3) is 0.381. The van der Waals surface area contributed by atoms with Gasteiger partial charge in [0.2, 0.25) is 5.91 Å². The van der Waals surface area contributed by atoms with E-state index in [-0.39, 0.29) is 28.5 Å². The summed E-state index contributed by atoms with van der Waals surface area (Å²) < 4.78 is 38.4. The van der Waals surface area contributed by atoms with Gasteiger partial charge < -0.3 is 14.8 Å². The molecule has 0 saturated carbocycles. The first-order valence-corrected chi connectivity index (χ1v) is 10.2. The van der Waals surface area contributed by atoms with Crippen LogP contribution in [-0.4, -0.2) is 24.9 Å². The molecule has 0 radical (unpaired) electrons. The van der Waals surface area contributed by atoms with Gasteiger partial charge in [0.15, 0.2) is 11.5 Å². The molecule has 1 aliphatic heterocycles. The molecular formula is C21H23F2NO3S. The van der Waals surface area contributed by atoms with E-state index < -0.39 is 11.6 Å². The summed E-state index contributed by atoms with van der Waals surface area (Å²) in [5.41, 5.74) is 0.912. The summed E-state index contributed by atoms with van der Waals surface area (Å²) in [6.07, 6.45) is 0.822. The second-order valence-corrected chi connectivity index (χ2v) is 7.93. The molecule has 0 aliphatic carbocycles. The van der Waals surface area contributed by atoms with Gasteiger partial charge in [-0.2, -0.15) is 0 Å². The molecule has 150 valence electrons. The van der Waals surface area contributed by atoms with Crippen LogP contribution >= 0.6 is 11.8 Å². The van der Waals surface area contributed by atoms with E-state index in [1.165, 1.54) is 0 Å². The van der Waals surface area contributed by atoms with Crippen molar-refractivity contribution in [3.63, 3.8) is 0 Å². The average Bonchev–Trinajstić information content (AvgIpc) is 2.91. The number of halogens is 2. The predicted octanol–water partition coefficient (Wildman–Crippen LogP) is 4.73. The van der Waals surface area contributed by atoms with E-state index in [1.807, 2.05) is 32.0 Å². The molecule has 0 unspecified atom stereocenters. The summed E-state index contributed by atoms with van der Waals surface area (Å²) in [4.78, 5) is 12.6. The second kappa shape index (κ2) is 9.28. The van der Waals surface area contributed by atoms with E-state index in [1.54, 1.807) is 0 Å². The molecule has 0 saturated heterocycles. The van der Waals surface area contributed by atoms with Crippen molar-refractivity contribution in [2.75, 3.05) is 19.0 Å². The molecule has 1 amide bonds. The van der Waals surface area contributed by atoms with Gasteiger partial charge in [0.05, 0.1) is 25.0 Å². The van der Waals surface area contributed by atoms with Gasteiger partial charge in [-0.1, -0.05) is 19.9 Å². The number of hydrogen-bond acceptors (Lipinski definition) is 4. The summed E-state index contributed by atoms with van der Waals surface area (Å²) in [5, 5.41) is 2.99. The zero-order valence-electron chi connectivity index (χ0n) is 15.8. The number of carbonyl (C=O) groups excluding carboxylic acids is 1. The third kappa shape index (κ3) is 5.16. The van der Waals surface area contributed by atoms with Gasteiger partial charge in [-0.15, -0.1) is 11.8 Å². The van der Waals surface area contributed by atoms with E-state index >= 15 is 0 Å². The molecule has 2 aromatic rings. The lowest BCUT2D eigenvalue weighted by atomic mass is 9.95. The molecule has 1 N–H and O–H groups in total. The molecular weight excluding hydrogens is 384 g/mol. The van der Waals surface area contributed by atoms with Crippen molar-refractivity contribution in [3.05, 3.63) is 53.6 Å². The molecule has 0 aromatic heterocycles. The average molecular weight is 407 g/mol. The highest BCUT2D eigenvalue weighted by Crippen LogP contribution is 2.34. The predicted molar refractivity (Wildman–Crippen MR) is 105 cm³/mol. The number of fused-ring (bicyclic) bond motifs is 1. The van der Waals surface area contributed by atoms with Crippen molar-refractivity contribution in [1.82, 2.24) is 5.32 Å². The number of benzene rings is 2. The fourth-order valence-electron chi connectivity index (χ4n) is 2.95. The van der Waals surface area contributed by atoms with Crippen molar-refractivity contribution < 1.29 is 23.0 Å². The number of ether oxygens (including phenoxy) is 2. The van der Waals surface area contributed by atoms with Gasteiger partial charge in [-0.3, -0.25) is 4.79 Å². The van der Waals surface area contributed by atoms with Gasteiger partial charge in [0.1, 0.15) is 11.6 Å².